The van der Waals surface area contributed by atoms with Crippen molar-refractivity contribution in [1.82, 2.24) is 14.7 Å². The predicted molar refractivity (Wildman–Crippen MR) is 89.1 cm³/mol. The van der Waals surface area contributed by atoms with E-state index < -0.39 is 11.4 Å². The standard InChI is InChI=1S/C18H20FN3O3/c1-12-15(10-20-22(12)14-6-4-13(19)5-7-14)16(23)21-9-3-8-18(2,11-21)17(24)25/h4-7,10H,3,8-9,11H2,1-2H3,(H,24,25). The summed E-state index contributed by atoms with van der Waals surface area (Å²) in [6.45, 7) is 4.15. The molecule has 2 heterocycles. The lowest BCUT2D eigenvalue weighted by Gasteiger charge is -2.37. The van der Waals surface area contributed by atoms with Gasteiger partial charge in [-0.1, -0.05) is 0 Å². The van der Waals surface area contributed by atoms with Crippen LogP contribution in [0.3, 0.4) is 0 Å². The van der Waals surface area contributed by atoms with Gasteiger partial charge in [0, 0.05) is 13.1 Å². The van der Waals surface area contributed by atoms with Gasteiger partial charge in [0.05, 0.1) is 28.6 Å². The lowest BCUT2D eigenvalue weighted by molar-refractivity contribution is -0.150. The van der Waals surface area contributed by atoms with Gasteiger partial charge in [0.2, 0.25) is 0 Å². The van der Waals surface area contributed by atoms with Crippen LogP contribution < -0.4 is 0 Å². The second-order valence-electron chi connectivity index (χ2n) is 6.73. The van der Waals surface area contributed by atoms with Gasteiger partial charge in [0.25, 0.3) is 5.91 Å². The normalized spacial score (nSPS) is 20.5. The van der Waals surface area contributed by atoms with Gasteiger partial charge in [0.15, 0.2) is 0 Å². The van der Waals surface area contributed by atoms with Crippen LogP contribution in [-0.4, -0.2) is 44.8 Å². The summed E-state index contributed by atoms with van der Waals surface area (Å²) in [5.41, 5.74) is 0.805. The van der Waals surface area contributed by atoms with Gasteiger partial charge in [-0.15, -0.1) is 0 Å². The molecule has 1 aliphatic rings. The smallest absolute Gasteiger partial charge is 0.311 e. The molecule has 0 radical (unpaired) electrons. The van der Waals surface area contributed by atoms with E-state index in [0.717, 1.165) is 0 Å². The quantitative estimate of drug-likeness (QED) is 0.928. The average molecular weight is 345 g/mol. The highest BCUT2D eigenvalue weighted by atomic mass is 19.1. The number of halogens is 1. The Morgan fingerprint density at radius 3 is 2.60 bits per heavy atom. The Labute approximate surface area is 144 Å². The molecule has 1 aromatic carbocycles. The number of benzene rings is 1. The van der Waals surface area contributed by atoms with E-state index in [-0.39, 0.29) is 18.3 Å². The molecule has 6 nitrogen and oxygen atoms in total. The Bertz CT molecular complexity index is 815. The van der Waals surface area contributed by atoms with E-state index in [2.05, 4.69) is 5.10 Å². The average Bonchev–Trinajstić information content (AvgIpc) is 2.96. The third-order valence-corrected chi connectivity index (χ3v) is 4.81. The van der Waals surface area contributed by atoms with E-state index in [4.69, 9.17) is 0 Å². The highest BCUT2D eigenvalue weighted by Crippen LogP contribution is 2.31. The molecule has 0 spiro atoms. The molecule has 1 amide bonds. The molecule has 1 unspecified atom stereocenters. The van der Waals surface area contributed by atoms with Crippen molar-refractivity contribution in [2.45, 2.75) is 26.7 Å². The Hall–Kier alpha value is -2.70. The van der Waals surface area contributed by atoms with Gasteiger partial charge >= 0.3 is 5.97 Å². The van der Waals surface area contributed by atoms with E-state index in [1.54, 1.807) is 35.6 Å². The van der Waals surface area contributed by atoms with Gasteiger partial charge < -0.3 is 10.0 Å². The Morgan fingerprint density at radius 2 is 1.96 bits per heavy atom. The van der Waals surface area contributed by atoms with Gasteiger partial charge in [-0.2, -0.15) is 5.10 Å². The van der Waals surface area contributed by atoms with E-state index in [9.17, 15) is 19.1 Å². The number of hydrogen-bond acceptors (Lipinski definition) is 3. The van der Waals surface area contributed by atoms with E-state index >= 15 is 0 Å². The highest BCUT2D eigenvalue weighted by Gasteiger charge is 2.40. The number of rotatable bonds is 3. The fourth-order valence-electron chi connectivity index (χ4n) is 3.22. The van der Waals surface area contributed by atoms with Crippen molar-refractivity contribution in [2.24, 2.45) is 5.41 Å². The molecule has 1 N–H and O–H groups in total. The number of nitrogens with zero attached hydrogens (tertiary/aromatic N) is 3. The molecule has 1 aliphatic heterocycles. The number of aliphatic carboxylic acids is 1. The molecule has 1 atom stereocenters. The SMILES string of the molecule is Cc1c(C(=O)N2CCCC(C)(C(=O)O)C2)cnn1-c1ccc(F)cc1. The third kappa shape index (κ3) is 3.14. The molecule has 1 fully saturated rings. The van der Waals surface area contributed by atoms with Crippen LogP contribution in [0.2, 0.25) is 0 Å². The summed E-state index contributed by atoms with van der Waals surface area (Å²) in [6, 6.07) is 5.85. The van der Waals surface area contributed by atoms with E-state index in [1.807, 2.05) is 0 Å². The van der Waals surface area contributed by atoms with E-state index in [0.29, 0.717) is 36.3 Å². The Morgan fingerprint density at radius 1 is 1.28 bits per heavy atom. The molecule has 25 heavy (non-hydrogen) atoms. The maximum atomic E-state index is 13.1. The first-order valence-corrected chi connectivity index (χ1v) is 8.15. The number of hydrogen-bond donors (Lipinski definition) is 1. The fraction of sp³-hybridized carbons (Fsp3) is 0.389. The first kappa shape index (κ1) is 17.1. The first-order chi connectivity index (χ1) is 11.8. The summed E-state index contributed by atoms with van der Waals surface area (Å²) in [4.78, 5) is 25.9. The molecule has 1 aromatic heterocycles. The van der Waals surface area contributed by atoms with Crippen LogP contribution in [0.5, 0.6) is 0 Å². The maximum Gasteiger partial charge on any atom is 0.311 e. The van der Waals surface area contributed by atoms with Crippen molar-refractivity contribution in [3.8, 4) is 5.69 Å². The molecule has 0 aliphatic carbocycles. The molecule has 1 saturated heterocycles. The molecule has 0 saturated carbocycles. The number of likely N-dealkylation sites (tertiary alicyclic amines) is 1. The maximum absolute atomic E-state index is 13.1. The van der Waals surface area contributed by atoms with Crippen molar-refractivity contribution in [3.05, 3.63) is 47.5 Å². The second kappa shape index (κ2) is 6.31. The number of amides is 1. The summed E-state index contributed by atoms with van der Waals surface area (Å²) < 4.78 is 14.7. The van der Waals surface area contributed by atoms with Crippen LogP contribution in [0.4, 0.5) is 4.39 Å². The number of carboxylic acids is 1. The molecule has 2 aromatic rings. The van der Waals surface area contributed by atoms with Crippen LogP contribution in [0.25, 0.3) is 5.69 Å². The molecule has 132 valence electrons. The lowest BCUT2D eigenvalue weighted by atomic mass is 9.82. The van der Waals surface area contributed by atoms with Gasteiger partial charge in [-0.3, -0.25) is 9.59 Å². The third-order valence-electron chi connectivity index (χ3n) is 4.81. The molecule has 3 rings (SSSR count). The zero-order valence-corrected chi connectivity index (χ0v) is 14.2. The predicted octanol–water partition coefficient (Wildman–Crippen LogP) is 2.65. The van der Waals surface area contributed by atoms with Crippen molar-refractivity contribution >= 4 is 11.9 Å². The minimum atomic E-state index is -0.922. The van der Waals surface area contributed by atoms with Crippen LogP contribution in [0, 0.1) is 18.2 Å². The van der Waals surface area contributed by atoms with Crippen molar-refractivity contribution in [2.75, 3.05) is 13.1 Å². The van der Waals surface area contributed by atoms with Crippen LogP contribution in [-0.2, 0) is 4.79 Å². The number of aromatic nitrogens is 2. The van der Waals surface area contributed by atoms with Crippen molar-refractivity contribution in [1.29, 1.82) is 0 Å². The van der Waals surface area contributed by atoms with E-state index in [1.165, 1.54) is 18.3 Å². The van der Waals surface area contributed by atoms with Crippen molar-refractivity contribution < 1.29 is 19.1 Å². The summed E-state index contributed by atoms with van der Waals surface area (Å²) in [7, 11) is 0. The number of carboxylic acid groups (broad SMARTS) is 1. The van der Waals surface area contributed by atoms with Crippen LogP contribution in [0.15, 0.2) is 30.5 Å². The number of piperidine rings is 1. The van der Waals surface area contributed by atoms with Gasteiger partial charge in [-0.05, 0) is 51.0 Å². The molecular weight excluding hydrogens is 325 g/mol. The largest absolute Gasteiger partial charge is 0.481 e. The molecule has 7 heteroatoms. The summed E-state index contributed by atoms with van der Waals surface area (Å²) in [5, 5.41) is 13.6. The Balaban J connectivity index is 1.86. The summed E-state index contributed by atoms with van der Waals surface area (Å²) >= 11 is 0. The van der Waals surface area contributed by atoms with Gasteiger partial charge in [0.1, 0.15) is 5.82 Å². The minimum Gasteiger partial charge on any atom is -0.481 e. The highest BCUT2D eigenvalue weighted by molar-refractivity contribution is 5.95. The first-order valence-electron chi connectivity index (χ1n) is 8.15. The number of carbonyl (C=O) groups is 2. The van der Waals surface area contributed by atoms with Crippen LogP contribution in [0.1, 0.15) is 35.8 Å². The topological polar surface area (TPSA) is 75.4 Å². The van der Waals surface area contributed by atoms with Gasteiger partial charge in [-0.25, -0.2) is 9.07 Å². The van der Waals surface area contributed by atoms with Crippen molar-refractivity contribution in [3.63, 3.8) is 0 Å². The molecular formula is C18H20FN3O3. The summed E-state index contributed by atoms with van der Waals surface area (Å²) in [5.74, 6) is -1.45. The molecule has 0 bridgehead atoms. The Kier molecular flexibility index (Phi) is 4.32. The van der Waals surface area contributed by atoms with Crippen LogP contribution >= 0.6 is 0 Å². The zero-order valence-electron chi connectivity index (χ0n) is 14.2. The summed E-state index contributed by atoms with van der Waals surface area (Å²) in [6.07, 6.45) is 2.69. The minimum absolute atomic E-state index is 0.183. The fourth-order valence-corrected chi connectivity index (χ4v) is 3.22. The number of carbonyl (C=O) groups excluding carboxylic acids is 1. The monoisotopic (exact) mass is 345 g/mol. The second-order valence-corrected chi connectivity index (χ2v) is 6.73. The lowest BCUT2D eigenvalue weighted by Crippen LogP contribution is -2.48. The zero-order chi connectivity index (χ0) is 18.2.